The van der Waals surface area contributed by atoms with E-state index in [1.807, 2.05) is 60.5 Å². The van der Waals surface area contributed by atoms with Gasteiger partial charge in [0.2, 0.25) is 0 Å². The molecule has 0 radical (unpaired) electrons. The monoisotopic (exact) mass is 422 g/mol. The lowest BCUT2D eigenvalue weighted by Crippen LogP contribution is -2.21. The first-order chi connectivity index (χ1) is 14.0. The third kappa shape index (κ3) is 6.04. The molecule has 0 bridgehead atoms. The molecule has 0 saturated carbocycles. The molecule has 2 aromatic carbocycles. The van der Waals surface area contributed by atoms with Crippen LogP contribution in [0.25, 0.3) is 0 Å². The highest BCUT2D eigenvalue weighted by atomic mass is 32.2. The Morgan fingerprint density at radius 1 is 1.07 bits per heavy atom. The van der Waals surface area contributed by atoms with Crippen molar-refractivity contribution in [3.63, 3.8) is 0 Å². The maximum Gasteiger partial charge on any atom is 0.255 e. The minimum atomic E-state index is -0.185. The normalized spacial score (nSPS) is 10.4. The number of nitrogen functional groups attached to an aromatic ring is 1. The average Bonchev–Trinajstić information content (AvgIpc) is 2.74. The predicted molar refractivity (Wildman–Crippen MR) is 125 cm³/mol. The van der Waals surface area contributed by atoms with E-state index in [1.165, 1.54) is 5.56 Å². The van der Waals surface area contributed by atoms with Gasteiger partial charge in [-0.1, -0.05) is 48.2 Å². The lowest BCUT2D eigenvalue weighted by molar-refractivity contribution is 0.102. The summed E-state index contributed by atoms with van der Waals surface area (Å²) in [6.07, 6.45) is 3.56. The number of nitrogens with one attached hydrogen (secondary N) is 1. The molecule has 7 heteroatoms. The Morgan fingerprint density at radius 2 is 1.76 bits per heavy atom. The van der Waals surface area contributed by atoms with E-state index >= 15 is 0 Å². The number of hydrogen-bond donors (Lipinski definition) is 2. The summed E-state index contributed by atoms with van der Waals surface area (Å²) in [6, 6.07) is 18.7. The number of rotatable bonds is 6. The van der Waals surface area contributed by atoms with Gasteiger partial charge in [-0.05, 0) is 47.5 Å². The van der Waals surface area contributed by atoms with E-state index in [4.69, 9.17) is 18.0 Å². The Bertz CT molecular complexity index is 978. The Labute approximate surface area is 180 Å². The van der Waals surface area contributed by atoms with Crippen LogP contribution in [0.4, 0.5) is 11.4 Å². The Kier molecular flexibility index (Phi) is 7.21. The lowest BCUT2D eigenvalue weighted by Gasteiger charge is -2.19. The number of para-hydroxylation sites is 2. The number of pyridine rings is 1. The van der Waals surface area contributed by atoms with E-state index in [0.29, 0.717) is 16.9 Å². The molecule has 0 aliphatic heterocycles. The molecule has 0 aliphatic carbocycles. The van der Waals surface area contributed by atoms with Gasteiger partial charge in [-0.3, -0.25) is 9.78 Å². The van der Waals surface area contributed by atoms with Crippen molar-refractivity contribution in [2.75, 3.05) is 18.1 Å². The highest BCUT2D eigenvalue weighted by molar-refractivity contribution is 8.22. The molecule has 0 atom stereocenters. The van der Waals surface area contributed by atoms with E-state index < -0.39 is 0 Å². The second-order valence-corrected chi connectivity index (χ2v) is 8.11. The molecule has 1 amide bonds. The van der Waals surface area contributed by atoms with E-state index in [9.17, 15) is 4.79 Å². The van der Waals surface area contributed by atoms with Crippen molar-refractivity contribution in [3.05, 3.63) is 89.7 Å². The molecule has 3 N–H and O–H groups in total. The Balaban J connectivity index is 1.51. The van der Waals surface area contributed by atoms with Crippen LogP contribution in [0, 0.1) is 0 Å². The van der Waals surface area contributed by atoms with Crippen molar-refractivity contribution < 1.29 is 4.79 Å². The van der Waals surface area contributed by atoms with Crippen LogP contribution >= 0.6 is 24.0 Å². The molecule has 148 valence electrons. The number of carbonyl (C=O) groups excluding carboxylic acids is 1. The number of nitrogens with zero attached hydrogens (tertiary/aromatic N) is 2. The number of amides is 1. The van der Waals surface area contributed by atoms with Crippen LogP contribution in [0.15, 0.2) is 73.1 Å². The summed E-state index contributed by atoms with van der Waals surface area (Å²) in [6.45, 7) is 0.746. The van der Waals surface area contributed by atoms with Crippen LogP contribution in [0.5, 0.6) is 0 Å². The minimum Gasteiger partial charge on any atom is -0.397 e. The summed E-state index contributed by atoms with van der Waals surface area (Å²) in [7, 11) is 1.98. The Hall–Kier alpha value is -2.90. The van der Waals surface area contributed by atoms with Gasteiger partial charge in [0.1, 0.15) is 4.32 Å². The van der Waals surface area contributed by atoms with Crippen molar-refractivity contribution in [1.29, 1.82) is 0 Å². The zero-order chi connectivity index (χ0) is 20.6. The molecular formula is C22H22N4OS2. The fraction of sp³-hybridized carbons (Fsp3) is 0.136. The highest BCUT2D eigenvalue weighted by Crippen LogP contribution is 2.20. The quantitative estimate of drug-likeness (QED) is 0.448. The van der Waals surface area contributed by atoms with E-state index in [2.05, 4.69) is 10.3 Å². The molecule has 29 heavy (non-hydrogen) atoms. The molecule has 0 fully saturated rings. The number of benzene rings is 2. The van der Waals surface area contributed by atoms with Crippen LogP contribution < -0.4 is 11.1 Å². The van der Waals surface area contributed by atoms with Gasteiger partial charge >= 0.3 is 0 Å². The molecule has 5 nitrogen and oxygen atoms in total. The van der Waals surface area contributed by atoms with Crippen LogP contribution in [-0.4, -0.2) is 27.2 Å². The topological polar surface area (TPSA) is 71.2 Å². The first kappa shape index (κ1) is 20.8. The number of aromatic nitrogens is 1. The van der Waals surface area contributed by atoms with E-state index in [0.717, 1.165) is 22.2 Å². The number of nitrogens with two attached hydrogens (primary N) is 1. The zero-order valence-electron chi connectivity index (χ0n) is 16.0. The third-order valence-corrected chi connectivity index (χ3v) is 5.97. The van der Waals surface area contributed by atoms with Gasteiger partial charge in [-0.15, -0.1) is 0 Å². The standard InChI is InChI=1S/C22H22N4OS2/c1-26(14-16-10-12-24-13-11-16)22(28)29-15-17-6-8-18(9-7-17)21(27)25-20-5-3-2-4-19(20)23/h2-13H,14-15,23H2,1H3,(H,25,27). The maximum atomic E-state index is 12.4. The Morgan fingerprint density at radius 3 is 2.45 bits per heavy atom. The summed E-state index contributed by atoms with van der Waals surface area (Å²) in [5.74, 6) is 0.558. The summed E-state index contributed by atoms with van der Waals surface area (Å²) in [5.41, 5.74) is 9.88. The zero-order valence-corrected chi connectivity index (χ0v) is 17.7. The summed E-state index contributed by atoms with van der Waals surface area (Å²) in [4.78, 5) is 18.5. The molecule has 0 unspecified atom stereocenters. The largest absolute Gasteiger partial charge is 0.397 e. The number of thioether (sulfide) groups is 1. The molecule has 0 saturated heterocycles. The van der Waals surface area contributed by atoms with Gasteiger partial charge in [0.15, 0.2) is 0 Å². The molecule has 3 aromatic rings. The van der Waals surface area contributed by atoms with Crippen molar-refractivity contribution in [2.45, 2.75) is 12.3 Å². The number of carbonyl (C=O) groups is 1. The molecule has 0 aliphatic rings. The first-order valence-corrected chi connectivity index (χ1v) is 10.4. The lowest BCUT2D eigenvalue weighted by atomic mass is 10.1. The number of anilines is 2. The van der Waals surface area contributed by atoms with E-state index in [1.54, 1.807) is 36.3 Å². The van der Waals surface area contributed by atoms with Gasteiger partial charge < -0.3 is 16.0 Å². The molecule has 0 spiro atoms. The van der Waals surface area contributed by atoms with Gasteiger partial charge in [0.05, 0.1) is 11.4 Å². The van der Waals surface area contributed by atoms with Crippen LogP contribution in [-0.2, 0) is 12.3 Å². The predicted octanol–water partition coefficient (Wildman–Crippen LogP) is 4.57. The van der Waals surface area contributed by atoms with Gasteiger partial charge in [-0.2, -0.15) is 0 Å². The second kappa shape index (κ2) is 10.0. The number of hydrogen-bond acceptors (Lipinski definition) is 5. The van der Waals surface area contributed by atoms with Crippen LogP contribution in [0.3, 0.4) is 0 Å². The SMILES string of the molecule is CN(Cc1ccncc1)C(=S)SCc1ccc(C(=O)Nc2ccccc2N)cc1. The van der Waals surface area contributed by atoms with Crippen molar-refractivity contribution >= 4 is 45.6 Å². The first-order valence-electron chi connectivity index (χ1n) is 9.04. The molecule has 1 aromatic heterocycles. The van der Waals surface area contributed by atoms with Crippen molar-refractivity contribution in [3.8, 4) is 0 Å². The molecular weight excluding hydrogens is 400 g/mol. The van der Waals surface area contributed by atoms with Crippen molar-refractivity contribution in [1.82, 2.24) is 9.88 Å². The van der Waals surface area contributed by atoms with Gasteiger partial charge in [-0.25, -0.2) is 0 Å². The summed E-state index contributed by atoms with van der Waals surface area (Å²) < 4.78 is 0.822. The average molecular weight is 423 g/mol. The molecule has 1 heterocycles. The second-order valence-electron chi connectivity index (χ2n) is 6.50. The highest BCUT2D eigenvalue weighted by Gasteiger charge is 2.09. The van der Waals surface area contributed by atoms with Crippen LogP contribution in [0.2, 0.25) is 0 Å². The van der Waals surface area contributed by atoms with Gasteiger partial charge in [0.25, 0.3) is 5.91 Å². The van der Waals surface area contributed by atoms with E-state index in [-0.39, 0.29) is 5.91 Å². The van der Waals surface area contributed by atoms with Crippen molar-refractivity contribution in [2.24, 2.45) is 0 Å². The summed E-state index contributed by atoms with van der Waals surface area (Å²) >= 11 is 7.13. The maximum absolute atomic E-state index is 12.4. The summed E-state index contributed by atoms with van der Waals surface area (Å²) in [5, 5.41) is 2.83. The third-order valence-electron chi connectivity index (χ3n) is 4.27. The molecule has 3 rings (SSSR count). The van der Waals surface area contributed by atoms with Crippen LogP contribution in [0.1, 0.15) is 21.5 Å². The van der Waals surface area contributed by atoms with Gasteiger partial charge in [0, 0.05) is 37.3 Å². The minimum absolute atomic E-state index is 0.185. The smallest absolute Gasteiger partial charge is 0.255 e. The fourth-order valence-corrected chi connectivity index (χ4v) is 3.65. The fourth-order valence-electron chi connectivity index (χ4n) is 2.64. The number of thiocarbonyl (C=S) groups is 1.